The highest BCUT2D eigenvalue weighted by atomic mass is 79.9. The van der Waals surface area contributed by atoms with Gasteiger partial charge in [0.05, 0.1) is 6.61 Å². The topological polar surface area (TPSA) is 39.2 Å². The van der Waals surface area contributed by atoms with Gasteiger partial charge in [0.1, 0.15) is 0 Å². The van der Waals surface area contributed by atoms with Crippen molar-refractivity contribution in [2.24, 2.45) is 0 Å². The summed E-state index contributed by atoms with van der Waals surface area (Å²) in [4.78, 5) is 14.0. The van der Waals surface area contributed by atoms with Gasteiger partial charge in [-0.3, -0.25) is 4.79 Å². The molecule has 0 fully saturated rings. The van der Waals surface area contributed by atoms with E-state index in [4.69, 9.17) is 4.74 Å². The second kappa shape index (κ2) is 14.4. The first-order valence-corrected chi connectivity index (χ1v) is 9.16. The quantitative estimate of drug-likeness (QED) is 0.576. The molecule has 2 rings (SSSR count). The van der Waals surface area contributed by atoms with E-state index in [0.717, 1.165) is 28.9 Å². The first-order chi connectivity index (χ1) is 11.9. The lowest BCUT2D eigenvalue weighted by Crippen LogP contribution is -1.96. The average Bonchev–Trinajstić information content (AvgIpc) is 2.60. The molecule has 0 N–H and O–H groups in total. The van der Waals surface area contributed by atoms with E-state index in [-0.39, 0.29) is 5.78 Å². The first kappa shape index (κ1) is 23.1. The van der Waals surface area contributed by atoms with E-state index in [1.54, 1.807) is 0 Å². The van der Waals surface area contributed by atoms with E-state index in [9.17, 15) is 4.79 Å². The number of carbonyl (C=O) groups excluding carboxylic acids is 1. The fourth-order valence-electron chi connectivity index (χ4n) is 1.61. The number of carbonyl (C=O) groups is 1. The molecule has 0 radical (unpaired) electrons. The molecule has 25 heavy (non-hydrogen) atoms. The van der Waals surface area contributed by atoms with Gasteiger partial charge in [-0.15, -0.1) is 0 Å². The number of ether oxygens (including phenoxy) is 1. The van der Waals surface area contributed by atoms with Crippen LogP contribution in [0.2, 0.25) is 0 Å². The molecule has 0 spiro atoms. The van der Waals surface area contributed by atoms with Crippen LogP contribution in [0.25, 0.3) is 0 Å². The molecular formula is C21H28BrNO2. The number of aryl methyl sites for hydroxylation is 2. The number of benzene rings is 1. The number of hydrogen-bond donors (Lipinski definition) is 0. The summed E-state index contributed by atoms with van der Waals surface area (Å²) in [5.74, 6) is 0.758. The third-order valence-electron chi connectivity index (χ3n) is 2.88. The molecule has 0 amide bonds. The lowest BCUT2D eigenvalue weighted by Gasteiger charge is -2.03. The van der Waals surface area contributed by atoms with Crippen LogP contribution in [0.3, 0.4) is 0 Å². The number of hydrogen-bond acceptors (Lipinski definition) is 3. The van der Waals surface area contributed by atoms with Crippen LogP contribution in [0, 0.1) is 6.92 Å². The fourth-order valence-corrected chi connectivity index (χ4v) is 1.88. The molecule has 0 aliphatic heterocycles. The summed E-state index contributed by atoms with van der Waals surface area (Å²) in [6, 6.07) is 14.1. The zero-order chi connectivity index (χ0) is 19.1. The summed E-state index contributed by atoms with van der Waals surface area (Å²) in [6.07, 6.45) is 3.43. The van der Waals surface area contributed by atoms with Crippen molar-refractivity contribution >= 4 is 21.7 Å². The Morgan fingerprint density at radius 3 is 2.24 bits per heavy atom. The van der Waals surface area contributed by atoms with Gasteiger partial charge < -0.3 is 4.74 Å². The number of rotatable bonds is 5. The van der Waals surface area contributed by atoms with Gasteiger partial charge in [-0.1, -0.05) is 59.6 Å². The van der Waals surface area contributed by atoms with Crippen molar-refractivity contribution in [2.75, 3.05) is 6.61 Å². The summed E-state index contributed by atoms with van der Waals surface area (Å²) in [5.41, 5.74) is 2.41. The van der Waals surface area contributed by atoms with Gasteiger partial charge in [0.15, 0.2) is 5.78 Å². The van der Waals surface area contributed by atoms with Crippen LogP contribution in [0.4, 0.5) is 0 Å². The Hall–Kier alpha value is -1.94. The van der Waals surface area contributed by atoms with Gasteiger partial charge in [0.2, 0.25) is 5.88 Å². The molecule has 3 nitrogen and oxygen atoms in total. The predicted molar refractivity (Wildman–Crippen MR) is 109 cm³/mol. The smallest absolute Gasteiger partial charge is 0.213 e. The number of pyridine rings is 1. The highest BCUT2D eigenvalue weighted by molar-refractivity contribution is 9.10. The number of allylic oxidation sites excluding steroid dienone is 1. The number of nitrogens with zero attached hydrogens (tertiary/aromatic N) is 1. The third kappa shape index (κ3) is 13.1. The van der Waals surface area contributed by atoms with Crippen LogP contribution in [0.1, 0.15) is 38.4 Å². The molecule has 4 heteroatoms. The number of halogens is 1. The largest absolute Gasteiger partial charge is 0.478 e. The van der Waals surface area contributed by atoms with Crippen LogP contribution >= 0.6 is 15.9 Å². The van der Waals surface area contributed by atoms with E-state index in [0.29, 0.717) is 6.61 Å². The Kier molecular flexibility index (Phi) is 13.3. The second-order valence-corrected chi connectivity index (χ2v) is 6.18. The van der Waals surface area contributed by atoms with Crippen LogP contribution in [-0.2, 0) is 11.2 Å². The Morgan fingerprint density at radius 2 is 1.80 bits per heavy atom. The monoisotopic (exact) mass is 405 g/mol. The summed E-state index contributed by atoms with van der Waals surface area (Å²) in [6.45, 7) is 11.5. The third-order valence-corrected chi connectivity index (χ3v) is 3.41. The minimum Gasteiger partial charge on any atom is -0.478 e. The van der Waals surface area contributed by atoms with E-state index in [1.165, 1.54) is 18.6 Å². The second-order valence-electron chi connectivity index (χ2n) is 5.26. The minimum absolute atomic E-state index is 0.0185. The maximum atomic E-state index is 9.69. The van der Waals surface area contributed by atoms with E-state index >= 15 is 0 Å². The molecule has 0 saturated heterocycles. The Balaban J connectivity index is 0.000000382. The molecule has 2 aromatic rings. The minimum atomic E-state index is 0.0185. The highest BCUT2D eigenvalue weighted by Crippen LogP contribution is 2.09. The number of ketones is 1. The van der Waals surface area contributed by atoms with Crippen LogP contribution in [0.15, 0.2) is 59.6 Å². The molecule has 0 aliphatic rings. The zero-order valence-corrected chi connectivity index (χ0v) is 17.2. The van der Waals surface area contributed by atoms with E-state index in [1.807, 2.05) is 37.3 Å². The standard InChI is InChI=1S/C10H15NO.C7H7Br.C4H6O/c1-3-6-9-7-5-8-10(11-9)12-4-2;1-6-2-4-7(8)5-3-6;1-3-4(2)5/h5,7-8H,3-4,6H2,1-2H3;2-5H,1H3;3H,1H2,2H3. The van der Waals surface area contributed by atoms with Gasteiger partial charge in [-0.05, 0) is 51.5 Å². The molecule has 0 aliphatic carbocycles. The highest BCUT2D eigenvalue weighted by Gasteiger charge is 1.95. The van der Waals surface area contributed by atoms with Gasteiger partial charge >= 0.3 is 0 Å². The Bertz CT molecular complexity index is 582. The van der Waals surface area contributed by atoms with Crippen molar-refractivity contribution in [2.45, 2.75) is 40.5 Å². The van der Waals surface area contributed by atoms with Crippen LogP contribution < -0.4 is 4.74 Å². The van der Waals surface area contributed by atoms with Crippen molar-refractivity contribution in [3.05, 3.63) is 70.8 Å². The van der Waals surface area contributed by atoms with Crippen molar-refractivity contribution in [1.29, 1.82) is 0 Å². The summed E-state index contributed by atoms with van der Waals surface area (Å²) in [5, 5.41) is 0. The zero-order valence-electron chi connectivity index (χ0n) is 15.6. The maximum Gasteiger partial charge on any atom is 0.213 e. The summed E-state index contributed by atoms with van der Waals surface area (Å²) >= 11 is 3.35. The van der Waals surface area contributed by atoms with Crippen LogP contribution in [0.5, 0.6) is 5.88 Å². The lowest BCUT2D eigenvalue weighted by atomic mass is 10.2. The molecule has 1 aromatic heterocycles. The van der Waals surface area contributed by atoms with Crippen molar-refractivity contribution in [3.63, 3.8) is 0 Å². The molecule has 136 valence electrons. The molecule has 0 bridgehead atoms. The van der Waals surface area contributed by atoms with Gasteiger partial charge in [0.25, 0.3) is 0 Å². The SMILES string of the molecule is C=CC(C)=O.CCCc1cccc(OCC)n1.Cc1ccc(Br)cc1. The molecule has 1 heterocycles. The van der Waals surface area contributed by atoms with Gasteiger partial charge in [-0.25, -0.2) is 4.98 Å². The molecule has 0 unspecified atom stereocenters. The molecular weight excluding hydrogens is 378 g/mol. The summed E-state index contributed by atoms with van der Waals surface area (Å²) in [7, 11) is 0. The van der Waals surface area contributed by atoms with Crippen molar-refractivity contribution in [3.8, 4) is 5.88 Å². The first-order valence-electron chi connectivity index (χ1n) is 8.36. The van der Waals surface area contributed by atoms with Gasteiger partial charge in [0, 0.05) is 16.2 Å². The lowest BCUT2D eigenvalue weighted by molar-refractivity contribution is -0.112. The molecule has 0 atom stereocenters. The van der Waals surface area contributed by atoms with Crippen LogP contribution in [-0.4, -0.2) is 17.4 Å². The number of aromatic nitrogens is 1. The van der Waals surface area contributed by atoms with E-state index < -0.39 is 0 Å². The Morgan fingerprint density at radius 1 is 1.20 bits per heavy atom. The van der Waals surface area contributed by atoms with Crippen molar-refractivity contribution in [1.82, 2.24) is 4.98 Å². The average molecular weight is 406 g/mol. The van der Waals surface area contributed by atoms with Crippen molar-refractivity contribution < 1.29 is 9.53 Å². The fraction of sp³-hybridized carbons (Fsp3) is 0.333. The van der Waals surface area contributed by atoms with Gasteiger partial charge in [-0.2, -0.15) is 0 Å². The summed E-state index contributed by atoms with van der Waals surface area (Å²) < 4.78 is 6.42. The maximum absolute atomic E-state index is 9.69. The normalized spacial score (nSPS) is 9.00. The molecule has 1 aromatic carbocycles. The molecule has 0 saturated carbocycles. The Labute approximate surface area is 160 Å². The van der Waals surface area contributed by atoms with E-state index in [2.05, 4.69) is 53.5 Å². The predicted octanol–water partition coefficient (Wildman–Crippen LogP) is 5.95.